The Balaban J connectivity index is 2.75. The minimum atomic E-state index is -4.19. The summed E-state index contributed by atoms with van der Waals surface area (Å²) in [5.41, 5.74) is 0.417. The molecule has 0 spiro atoms. The molecule has 0 aliphatic rings. The van der Waals surface area contributed by atoms with E-state index >= 15 is 0 Å². The molecule has 74 valence electrons. The second-order valence-electron chi connectivity index (χ2n) is 2.70. The molecule has 0 saturated carbocycles. The van der Waals surface area contributed by atoms with Crippen LogP contribution in [-0.4, -0.2) is 22.9 Å². The number of aromatic amines is 1. The number of halogens is 1. The molecular formula is C7H5BrN2O3S. The summed E-state index contributed by atoms with van der Waals surface area (Å²) in [6.07, 6.45) is 1.53. The van der Waals surface area contributed by atoms with Gasteiger partial charge in [0.15, 0.2) is 5.03 Å². The lowest BCUT2D eigenvalue weighted by Crippen LogP contribution is -1.97. The number of nitrogens with zero attached hydrogens (tertiary/aromatic N) is 1. The molecule has 2 aromatic rings. The van der Waals surface area contributed by atoms with Crippen LogP contribution in [0.3, 0.4) is 0 Å². The van der Waals surface area contributed by atoms with E-state index in [1.165, 1.54) is 12.3 Å². The molecule has 0 saturated heterocycles. The van der Waals surface area contributed by atoms with Gasteiger partial charge in [0.05, 0.1) is 0 Å². The van der Waals surface area contributed by atoms with Gasteiger partial charge in [-0.2, -0.15) is 8.42 Å². The van der Waals surface area contributed by atoms with Gasteiger partial charge in [-0.05, 0) is 28.1 Å². The van der Waals surface area contributed by atoms with Crippen LogP contribution in [0.15, 0.2) is 27.8 Å². The third-order valence-electron chi connectivity index (χ3n) is 1.69. The fourth-order valence-electron chi connectivity index (χ4n) is 1.10. The number of hydrogen-bond donors (Lipinski definition) is 2. The Morgan fingerprint density at radius 3 is 2.79 bits per heavy atom. The topological polar surface area (TPSA) is 83.1 Å². The van der Waals surface area contributed by atoms with Crippen molar-refractivity contribution in [2.24, 2.45) is 0 Å². The van der Waals surface area contributed by atoms with Crippen LogP contribution < -0.4 is 0 Å². The van der Waals surface area contributed by atoms with Crippen LogP contribution in [0.25, 0.3) is 11.0 Å². The van der Waals surface area contributed by atoms with Crippen molar-refractivity contribution in [2.45, 2.75) is 5.03 Å². The number of hydrogen-bond acceptors (Lipinski definition) is 3. The van der Waals surface area contributed by atoms with Gasteiger partial charge in [0.25, 0.3) is 0 Å². The predicted octanol–water partition coefficient (Wildman–Crippen LogP) is 1.57. The Hall–Kier alpha value is -0.920. The summed E-state index contributed by atoms with van der Waals surface area (Å²) in [6.45, 7) is 0. The maximum Gasteiger partial charge on any atom is 0.310 e. The van der Waals surface area contributed by atoms with Crippen LogP contribution in [0.4, 0.5) is 0 Å². The smallest absolute Gasteiger partial charge is 0.310 e. The standard InChI is InChI=1S/C7H5BrN2O3S/c8-5-1-4-2-6(14(11,12)13)10-7(4)9-3-5/h1-3H,(H,9,10)(H,11,12,13). The Morgan fingerprint density at radius 2 is 2.14 bits per heavy atom. The van der Waals surface area contributed by atoms with E-state index in [-0.39, 0.29) is 5.03 Å². The van der Waals surface area contributed by atoms with E-state index in [1.807, 2.05) is 0 Å². The van der Waals surface area contributed by atoms with Crippen LogP contribution in [0, 0.1) is 0 Å². The number of H-pyrrole nitrogens is 1. The Morgan fingerprint density at radius 1 is 1.43 bits per heavy atom. The van der Waals surface area contributed by atoms with E-state index in [0.29, 0.717) is 11.0 Å². The summed E-state index contributed by atoms with van der Waals surface area (Å²) < 4.78 is 31.0. The molecule has 5 nitrogen and oxygen atoms in total. The van der Waals surface area contributed by atoms with Crippen molar-refractivity contribution in [2.75, 3.05) is 0 Å². The fraction of sp³-hybridized carbons (Fsp3) is 0. The Labute approximate surface area is 88.0 Å². The molecule has 0 unspecified atom stereocenters. The summed E-state index contributed by atoms with van der Waals surface area (Å²) in [5.74, 6) is 0. The predicted molar refractivity (Wildman–Crippen MR) is 53.6 cm³/mol. The van der Waals surface area contributed by atoms with E-state index in [9.17, 15) is 8.42 Å². The van der Waals surface area contributed by atoms with Crippen molar-refractivity contribution < 1.29 is 13.0 Å². The molecule has 0 bridgehead atoms. The van der Waals surface area contributed by atoms with E-state index in [0.717, 1.165) is 4.47 Å². The van der Waals surface area contributed by atoms with Crippen molar-refractivity contribution >= 4 is 37.1 Å². The molecule has 2 rings (SSSR count). The molecule has 7 heteroatoms. The van der Waals surface area contributed by atoms with Gasteiger partial charge in [-0.25, -0.2) is 4.98 Å². The number of rotatable bonds is 1. The number of pyridine rings is 1. The van der Waals surface area contributed by atoms with E-state index in [2.05, 4.69) is 25.9 Å². The van der Waals surface area contributed by atoms with Gasteiger partial charge >= 0.3 is 10.1 Å². The minimum absolute atomic E-state index is 0.252. The molecule has 0 radical (unpaired) electrons. The average molecular weight is 277 g/mol. The second kappa shape index (κ2) is 3.04. The molecular weight excluding hydrogens is 272 g/mol. The summed E-state index contributed by atoms with van der Waals surface area (Å²) in [4.78, 5) is 6.43. The van der Waals surface area contributed by atoms with Gasteiger partial charge in [0, 0.05) is 16.1 Å². The normalized spacial score (nSPS) is 12.1. The van der Waals surface area contributed by atoms with Crippen LogP contribution >= 0.6 is 15.9 Å². The lowest BCUT2D eigenvalue weighted by molar-refractivity contribution is 0.480. The van der Waals surface area contributed by atoms with E-state index < -0.39 is 10.1 Å². The third-order valence-corrected chi connectivity index (χ3v) is 2.90. The molecule has 0 amide bonds. The molecule has 2 heterocycles. The average Bonchev–Trinajstić information content (AvgIpc) is 2.45. The van der Waals surface area contributed by atoms with Crippen LogP contribution in [0.2, 0.25) is 0 Å². The zero-order valence-corrected chi connectivity index (χ0v) is 9.13. The number of fused-ring (bicyclic) bond motifs is 1. The first-order valence-corrected chi connectivity index (χ1v) is 5.82. The highest BCUT2D eigenvalue weighted by atomic mass is 79.9. The molecule has 2 N–H and O–H groups in total. The SMILES string of the molecule is O=S(=O)(O)c1cc2cc(Br)cnc2[nH]1. The monoisotopic (exact) mass is 276 g/mol. The van der Waals surface area contributed by atoms with E-state index in [1.54, 1.807) is 6.07 Å². The molecule has 0 aliphatic carbocycles. The quantitative estimate of drug-likeness (QED) is 0.775. The summed E-state index contributed by atoms with van der Waals surface area (Å²) >= 11 is 3.20. The highest BCUT2D eigenvalue weighted by Crippen LogP contribution is 2.20. The summed E-state index contributed by atoms with van der Waals surface area (Å²) in [5, 5.41) is 0.366. The van der Waals surface area contributed by atoms with Crippen molar-refractivity contribution in [1.29, 1.82) is 0 Å². The van der Waals surface area contributed by atoms with Crippen LogP contribution in [0.1, 0.15) is 0 Å². The summed E-state index contributed by atoms with van der Waals surface area (Å²) in [7, 11) is -4.19. The van der Waals surface area contributed by atoms with Gasteiger partial charge in [0.2, 0.25) is 0 Å². The fourth-order valence-corrected chi connectivity index (χ4v) is 1.95. The molecule has 2 aromatic heterocycles. The first kappa shape index (κ1) is 9.63. The van der Waals surface area contributed by atoms with Gasteiger partial charge in [0.1, 0.15) is 5.65 Å². The number of nitrogens with one attached hydrogen (secondary N) is 1. The number of aromatic nitrogens is 2. The Bertz CT molecular complexity index is 590. The highest BCUT2D eigenvalue weighted by Gasteiger charge is 2.13. The van der Waals surface area contributed by atoms with Crippen molar-refractivity contribution in [3.8, 4) is 0 Å². The highest BCUT2D eigenvalue weighted by molar-refractivity contribution is 9.10. The first-order chi connectivity index (χ1) is 6.47. The van der Waals surface area contributed by atoms with Crippen LogP contribution in [-0.2, 0) is 10.1 Å². The maximum atomic E-state index is 10.8. The van der Waals surface area contributed by atoms with E-state index in [4.69, 9.17) is 4.55 Å². The molecule has 0 fully saturated rings. The molecule has 0 aliphatic heterocycles. The third kappa shape index (κ3) is 1.66. The first-order valence-electron chi connectivity index (χ1n) is 3.58. The van der Waals surface area contributed by atoms with Crippen molar-refractivity contribution in [3.63, 3.8) is 0 Å². The summed E-state index contributed by atoms with van der Waals surface area (Å²) in [6, 6.07) is 3.02. The second-order valence-corrected chi connectivity index (χ2v) is 5.01. The minimum Gasteiger partial charge on any atom is -0.328 e. The maximum absolute atomic E-state index is 10.8. The van der Waals surface area contributed by atoms with Crippen molar-refractivity contribution in [3.05, 3.63) is 22.8 Å². The largest absolute Gasteiger partial charge is 0.328 e. The van der Waals surface area contributed by atoms with Crippen molar-refractivity contribution in [1.82, 2.24) is 9.97 Å². The zero-order valence-electron chi connectivity index (χ0n) is 6.73. The molecule has 0 atom stereocenters. The Kier molecular flexibility index (Phi) is 2.09. The molecule has 0 aromatic carbocycles. The lowest BCUT2D eigenvalue weighted by Gasteiger charge is -1.88. The molecule has 14 heavy (non-hydrogen) atoms. The van der Waals surface area contributed by atoms with Gasteiger partial charge < -0.3 is 4.98 Å². The lowest BCUT2D eigenvalue weighted by atomic mass is 10.3. The van der Waals surface area contributed by atoms with Gasteiger partial charge in [-0.1, -0.05) is 0 Å². The van der Waals surface area contributed by atoms with Gasteiger partial charge in [-0.15, -0.1) is 0 Å². The van der Waals surface area contributed by atoms with Gasteiger partial charge in [-0.3, -0.25) is 4.55 Å². The zero-order chi connectivity index (χ0) is 10.3. The van der Waals surface area contributed by atoms with Crippen LogP contribution in [0.5, 0.6) is 0 Å².